The molecule has 0 spiro atoms. The lowest BCUT2D eigenvalue weighted by Crippen LogP contribution is -2.23. The van der Waals surface area contributed by atoms with Crippen LogP contribution in [0.3, 0.4) is 0 Å². The van der Waals surface area contributed by atoms with Crippen LogP contribution in [0.15, 0.2) is 0 Å². The summed E-state index contributed by atoms with van der Waals surface area (Å²) in [4.78, 5) is 21.7. The maximum atomic E-state index is 11.1. The van der Waals surface area contributed by atoms with Crippen molar-refractivity contribution in [2.75, 3.05) is 13.7 Å². The Morgan fingerprint density at radius 3 is 2.42 bits per heavy atom. The molecule has 0 saturated carbocycles. The van der Waals surface area contributed by atoms with Gasteiger partial charge >= 0.3 is 5.97 Å². The van der Waals surface area contributed by atoms with Gasteiger partial charge in [-0.15, -0.1) is 0 Å². The number of carbonyl (C=O) groups excluding carboxylic acids is 2. The zero-order chi connectivity index (χ0) is 9.56. The first-order chi connectivity index (χ1) is 5.61. The number of hydrogen-bond acceptors (Lipinski definition) is 4. The van der Waals surface area contributed by atoms with Crippen molar-refractivity contribution in [2.45, 2.75) is 26.4 Å². The third-order valence-corrected chi connectivity index (χ3v) is 1.42. The largest absolute Gasteiger partial charge is 0.469 e. The summed E-state index contributed by atoms with van der Waals surface area (Å²) in [7, 11) is 1.25. The first kappa shape index (κ1) is 11.1. The first-order valence-electron chi connectivity index (χ1n) is 3.83. The van der Waals surface area contributed by atoms with Gasteiger partial charge in [0.1, 0.15) is 12.5 Å². The van der Waals surface area contributed by atoms with Crippen LogP contribution in [-0.2, 0) is 19.1 Å². The van der Waals surface area contributed by atoms with E-state index in [-0.39, 0.29) is 12.2 Å². The van der Waals surface area contributed by atoms with Gasteiger partial charge in [0.25, 0.3) is 0 Å². The third-order valence-electron chi connectivity index (χ3n) is 1.42. The highest BCUT2D eigenvalue weighted by molar-refractivity contribution is 5.97. The van der Waals surface area contributed by atoms with Crippen molar-refractivity contribution in [1.29, 1.82) is 0 Å². The van der Waals surface area contributed by atoms with Gasteiger partial charge in [-0.2, -0.15) is 0 Å². The maximum absolute atomic E-state index is 11.1. The van der Waals surface area contributed by atoms with E-state index in [4.69, 9.17) is 4.74 Å². The van der Waals surface area contributed by atoms with Gasteiger partial charge in [-0.25, -0.2) is 0 Å². The van der Waals surface area contributed by atoms with Crippen molar-refractivity contribution in [3.63, 3.8) is 0 Å². The molecule has 0 aromatic carbocycles. The van der Waals surface area contributed by atoms with Crippen LogP contribution in [0.5, 0.6) is 0 Å². The minimum absolute atomic E-state index is 0.211. The van der Waals surface area contributed by atoms with E-state index in [1.807, 2.05) is 0 Å². The number of ether oxygens (including phenoxy) is 2. The van der Waals surface area contributed by atoms with Gasteiger partial charge in [0.2, 0.25) is 0 Å². The van der Waals surface area contributed by atoms with E-state index in [0.717, 1.165) is 0 Å². The predicted octanol–water partition coefficient (Wildman–Crippen LogP) is 0.544. The fourth-order valence-corrected chi connectivity index (χ4v) is 0.701. The van der Waals surface area contributed by atoms with E-state index in [2.05, 4.69) is 4.74 Å². The molecule has 0 aliphatic rings. The molecule has 0 bridgehead atoms. The summed E-state index contributed by atoms with van der Waals surface area (Å²) >= 11 is 0. The fourth-order valence-electron chi connectivity index (χ4n) is 0.701. The minimum atomic E-state index is -0.522. The number of Topliss-reactive ketones (excluding diaryl/α,β-unsaturated/α-hetero) is 1. The molecule has 0 radical (unpaired) electrons. The Labute approximate surface area is 71.8 Å². The lowest BCUT2D eigenvalue weighted by molar-refractivity contribution is -0.146. The molecule has 0 N–H and O–H groups in total. The van der Waals surface area contributed by atoms with E-state index >= 15 is 0 Å². The summed E-state index contributed by atoms with van der Waals surface area (Å²) in [6.45, 7) is 3.88. The predicted molar refractivity (Wildman–Crippen MR) is 42.7 cm³/mol. The molecule has 0 aliphatic carbocycles. The molecule has 0 aromatic heterocycles. The van der Waals surface area contributed by atoms with Gasteiger partial charge in [-0.05, 0) is 13.8 Å². The zero-order valence-corrected chi connectivity index (χ0v) is 7.62. The van der Waals surface area contributed by atoms with E-state index in [9.17, 15) is 9.59 Å². The van der Waals surface area contributed by atoms with Gasteiger partial charge in [0.15, 0.2) is 5.78 Å². The number of esters is 1. The smallest absolute Gasteiger partial charge is 0.313 e. The highest BCUT2D eigenvalue weighted by Crippen LogP contribution is 1.97. The third kappa shape index (κ3) is 4.08. The number of ketones is 1. The molecular weight excluding hydrogens is 160 g/mol. The lowest BCUT2D eigenvalue weighted by Gasteiger charge is -2.08. The maximum Gasteiger partial charge on any atom is 0.313 e. The quantitative estimate of drug-likeness (QED) is 0.451. The molecular formula is C8H14O4. The molecule has 0 aliphatic heterocycles. The Bertz CT molecular complexity index is 164. The van der Waals surface area contributed by atoms with E-state index in [1.54, 1.807) is 13.8 Å². The van der Waals surface area contributed by atoms with E-state index in [1.165, 1.54) is 7.11 Å². The second kappa shape index (κ2) is 5.71. The molecule has 1 unspecified atom stereocenters. The van der Waals surface area contributed by atoms with Crippen LogP contribution in [0.1, 0.15) is 20.3 Å². The average molecular weight is 174 g/mol. The van der Waals surface area contributed by atoms with Crippen LogP contribution in [0, 0.1) is 0 Å². The normalized spacial score (nSPS) is 12.2. The average Bonchev–Trinajstić information content (AvgIpc) is 2.04. The second-order valence-corrected chi connectivity index (χ2v) is 2.32. The molecule has 0 amide bonds. The van der Waals surface area contributed by atoms with Crippen LogP contribution >= 0.6 is 0 Å². The minimum Gasteiger partial charge on any atom is -0.469 e. The number of methoxy groups -OCH3 is 1. The first-order valence-corrected chi connectivity index (χ1v) is 3.83. The van der Waals surface area contributed by atoms with Gasteiger partial charge in [0, 0.05) is 6.61 Å². The second-order valence-electron chi connectivity index (χ2n) is 2.32. The van der Waals surface area contributed by atoms with Gasteiger partial charge in [-0.1, -0.05) is 0 Å². The van der Waals surface area contributed by atoms with Gasteiger partial charge in [-0.3, -0.25) is 9.59 Å². The number of rotatable bonds is 5. The summed E-state index contributed by atoms with van der Waals surface area (Å²) in [5.41, 5.74) is 0. The SMILES string of the molecule is CCOC(C)C(=O)CC(=O)OC. The fraction of sp³-hybridized carbons (Fsp3) is 0.750. The molecule has 0 aromatic rings. The van der Waals surface area contributed by atoms with Crippen molar-refractivity contribution < 1.29 is 19.1 Å². The topological polar surface area (TPSA) is 52.6 Å². The monoisotopic (exact) mass is 174 g/mol. The summed E-state index contributed by atoms with van der Waals surface area (Å²) in [6, 6.07) is 0. The number of hydrogen-bond donors (Lipinski definition) is 0. The van der Waals surface area contributed by atoms with Gasteiger partial charge in [0.05, 0.1) is 7.11 Å². The lowest BCUT2D eigenvalue weighted by atomic mass is 10.2. The van der Waals surface area contributed by atoms with E-state index in [0.29, 0.717) is 6.61 Å². The number of carbonyl (C=O) groups is 2. The van der Waals surface area contributed by atoms with Crippen LogP contribution < -0.4 is 0 Å². The van der Waals surface area contributed by atoms with Crippen LogP contribution in [0.25, 0.3) is 0 Å². The zero-order valence-electron chi connectivity index (χ0n) is 7.62. The van der Waals surface area contributed by atoms with Crippen LogP contribution in [0.4, 0.5) is 0 Å². The molecule has 12 heavy (non-hydrogen) atoms. The Hall–Kier alpha value is -0.900. The molecule has 70 valence electrons. The van der Waals surface area contributed by atoms with Crippen molar-refractivity contribution >= 4 is 11.8 Å². The van der Waals surface area contributed by atoms with Crippen molar-refractivity contribution in [3.05, 3.63) is 0 Å². The molecule has 4 nitrogen and oxygen atoms in total. The summed E-state index contributed by atoms with van der Waals surface area (Å²) < 4.78 is 9.33. The molecule has 0 saturated heterocycles. The standard InChI is InChI=1S/C8H14O4/c1-4-12-6(2)7(9)5-8(10)11-3/h6H,4-5H2,1-3H3. The Balaban J connectivity index is 3.78. The Morgan fingerprint density at radius 2 is 2.00 bits per heavy atom. The van der Waals surface area contributed by atoms with Gasteiger partial charge < -0.3 is 9.47 Å². The molecule has 0 rings (SSSR count). The van der Waals surface area contributed by atoms with Crippen molar-refractivity contribution in [2.24, 2.45) is 0 Å². The summed E-state index contributed by atoms with van der Waals surface area (Å²) in [5, 5.41) is 0. The van der Waals surface area contributed by atoms with Crippen LogP contribution in [0.2, 0.25) is 0 Å². The van der Waals surface area contributed by atoms with E-state index < -0.39 is 12.1 Å². The van der Waals surface area contributed by atoms with Crippen molar-refractivity contribution in [3.8, 4) is 0 Å². The summed E-state index contributed by atoms with van der Waals surface area (Å²) in [6.07, 6.45) is -0.730. The Kier molecular flexibility index (Phi) is 5.28. The summed E-state index contributed by atoms with van der Waals surface area (Å²) in [5.74, 6) is -0.768. The molecule has 1 atom stereocenters. The Morgan fingerprint density at radius 1 is 1.42 bits per heavy atom. The highest BCUT2D eigenvalue weighted by atomic mass is 16.5. The molecule has 4 heteroatoms. The highest BCUT2D eigenvalue weighted by Gasteiger charge is 2.16. The van der Waals surface area contributed by atoms with Crippen molar-refractivity contribution in [1.82, 2.24) is 0 Å². The van der Waals surface area contributed by atoms with Crippen LogP contribution in [-0.4, -0.2) is 31.6 Å². The molecule has 0 fully saturated rings. The molecule has 0 heterocycles.